The van der Waals surface area contributed by atoms with Crippen LogP contribution in [0.4, 0.5) is 30.2 Å². The standard InChI is InChI=1S/C22H19F3N4O5/c23-22(24,25)13-7-8-16(27-9-2-1-3-10-27)15(11-13)26-18(30)12-28-20(31)14-5-4-6-17(29(33)34)19(14)21(28)32/h4-8,11H,1-3,9-10,12H2,(H,26,30). The van der Waals surface area contributed by atoms with Crippen molar-refractivity contribution in [2.75, 3.05) is 29.9 Å². The number of rotatable bonds is 5. The van der Waals surface area contributed by atoms with E-state index >= 15 is 0 Å². The van der Waals surface area contributed by atoms with Gasteiger partial charge in [0.2, 0.25) is 5.91 Å². The van der Waals surface area contributed by atoms with Gasteiger partial charge in [-0.3, -0.25) is 29.4 Å². The Bertz CT molecular complexity index is 1190. The minimum absolute atomic E-state index is 0.0932. The summed E-state index contributed by atoms with van der Waals surface area (Å²) in [7, 11) is 0. The number of nitro benzene ring substituents is 1. The second-order valence-corrected chi connectivity index (χ2v) is 7.98. The molecule has 1 N–H and O–H groups in total. The van der Waals surface area contributed by atoms with E-state index in [0.29, 0.717) is 23.7 Å². The first-order chi connectivity index (χ1) is 16.1. The van der Waals surface area contributed by atoms with Crippen LogP contribution in [-0.4, -0.2) is 47.2 Å². The average molecular weight is 476 g/mol. The van der Waals surface area contributed by atoms with Crippen LogP contribution in [0.2, 0.25) is 0 Å². The van der Waals surface area contributed by atoms with Gasteiger partial charge in [0.05, 0.1) is 27.4 Å². The highest BCUT2D eigenvalue weighted by Crippen LogP contribution is 2.36. The number of fused-ring (bicyclic) bond motifs is 1. The third-order valence-electron chi connectivity index (χ3n) is 5.77. The minimum atomic E-state index is -4.64. The van der Waals surface area contributed by atoms with Crippen molar-refractivity contribution in [3.63, 3.8) is 0 Å². The zero-order chi connectivity index (χ0) is 24.6. The zero-order valence-corrected chi connectivity index (χ0v) is 17.7. The van der Waals surface area contributed by atoms with Gasteiger partial charge in [-0.2, -0.15) is 13.2 Å². The van der Waals surface area contributed by atoms with Crippen molar-refractivity contribution in [1.82, 2.24) is 4.90 Å². The van der Waals surface area contributed by atoms with Crippen LogP contribution in [0.15, 0.2) is 36.4 Å². The summed E-state index contributed by atoms with van der Waals surface area (Å²) in [5, 5.41) is 13.6. The highest BCUT2D eigenvalue weighted by molar-refractivity contribution is 6.24. The van der Waals surface area contributed by atoms with Crippen LogP contribution in [0.1, 0.15) is 45.5 Å². The van der Waals surface area contributed by atoms with Gasteiger partial charge in [-0.05, 0) is 43.5 Å². The second-order valence-electron chi connectivity index (χ2n) is 7.98. The predicted octanol–water partition coefficient (Wildman–Crippen LogP) is 3.84. The smallest absolute Gasteiger partial charge is 0.370 e. The molecule has 2 aliphatic heterocycles. The maximum absolute atomic E-state index is 13.3. The van der Waals surface area contributed by atoms with Gasteiger partial charge >= 0.3 is 6.18 Å². The minimum Gasteiger partial charge on any atom is -0.370 e. The fourth-order valence-corrected chi connectivity index (χ4v) is 4.17. The van der Waals surface area contributed by atoms with Crippen molar-refractivity contribution in [1.29, 1.82) is 0 Å². The van der Waals surface area contributed by atoms with Crippen LogP contribution in [-0.2, 0) is 11.0 Å². The number of imide groups is 1. The van der Waals surface area contributed by atoms with Crippen LogP contribution in [0.5, 0.6) is 0 Å². The van der Waals surface area contributed by atoms with E-state index in [1.54, 1.807) is 0 Å². The lowest BCUT2D eigenvalue weighted by Gasteiger charge is -2.31. The Morgan fingerprint density at radius 1 is 1.06 bits per heavy atom. The van der Waals surface area contributed by atoms with Gasteiger partial charge in [0.25, 0.3) is 17.5 Å². The molecule has 0 saturated carbocycles. The Morgan fingerprint density at radius 3 is 2.41 bits per heavy atom. The Labute approximate surface area is 191 Å². The maximum atomic E-state index is 13.3. The first-order valence-corrected chi connectivity index (χ1v) is 10.5. The van der Waals surface area contributed by atoms with Crippen molar-refractivity contribution in [2.45, 2.75) is 25.4 Å². The number of alkyl halides is 3. The van der Waals surface area contributed by atoms with Gasteiger partial charge in [0.15, 0.2) is 0 Å². The van der Waals surface area contributed by atoms with E-state index in [0.717, 1.165) is 37.5 Å². The van der Waals surface area contributed by atoms with Crippen molar-refractivity contribution >= 4 is 34.8 Å². The number of benzene rings is 2. The zero-order valence-electron chi connectivity index (χ0n) is 17.7. The number of anilines is 2. The highest BCUT2D eigenvalue weighted by Gasteiger charge is 2.42. The lowest BCUT2D eigenvalue weighted by molar-refractivity contribution is -0.385. The number of carbonyl (C=O) groups excluding carboxylic acids is 3. The van der Waals surface area contributed by atoms with E-state index in [1.807, 2.05) is 4.90 Å². The molecule has 0 aromatic heterocycles. The Hall–Kier alpha value is -3.96. The molecule has 34 heavy (non-hydrogen) atoms. The number of hydrogen-bond donors (Lipinski definition) is 1. The van der Waals surface area contributed by atoms with Crippen LogP contribution in [0.3, 0.4) is 0 Å². The first-order valence-electron chi connectivity index (χ1n) is 10.5. The number of nitrogens with zero attached hydrogens (tertiary/aromatic N) is 3. The molecule has 2 aliphatic rings. The molecule has 0 bridgehead atoms. The van der Waals surface area contributed by atoms with Crippen molar-refractivity contribution in [3.05, 3.63) is 63.2 Å². The Balaban J connectivity index is 1.59. The molecule has 0 radical (unpaired) electrons. The lowest BCUT2D eigenvalue weighted by Crippen LogP contribution is -2.38. The maximum Gasteiger partial charge on any atom is 0.416 e. The Morgan fingerprint density at radius 2 is 1.76 bits per heavy atom. The molecular weight excluding hydrogens is 457 g/mol. The molecule has 12 heteroatoms. The molecule has 0 aliphatic carbocycles. The molecule has 4 rings (SSSR count). The van der Waals surface area contributed by atoms with Gasteiger partial charge in [0.1, 0.15) is 12.1 Å². The molecule has 2 heterocycles. The molecule has 0 unspecified atom stereocenters. The third-order valence-corrected chi connectivity index (χ3v) is 5.77. The summed E-state index contributed by atoms with van der Waals surface area (Å²) in [4.78, 5) is 50.9. The summed E-state index contributed by atoms with van der Waals surface area (Å²) in [6.07, 6.45) is -1.95. The Kier molecular flexibility index (Phi) is 5.98. The van der Waals surface area contributed by atoms with Gasteiger partial charge < -0.3 is 10.2 Å². The number of amides is 3. The van der Waals surface area contributed by atoms with Gasteiger partial charge in [0, 0.05) is 19.2 Å². The topological polar surface area (TPSA) is 113 Å². The number of hydrogen-bond acceptors (Lipinski definition) is 6. The molecule has 1 fully saturated rings. The fraction of sp³-hybridized carbons (Fsp3) is 0.318. The quantitative estimate of drug-likeness (QED) is 0.399. The summed E-state index contributed by atoms with van der Waals surface area (Å²) < 4.78 is 39.9. The second kappa shape index (κ2) is 8.76. The molecule has 1 saturated heterocycles. The largest absolute Gasteiger partial charge is 0.416 e. The highest BCUT2D eigenvalue weighted by atomic mass is 19.4. The molecular formula is C22H19F3N4O5. The molecule has 9 nitrogen and oxygen atoms in total. The third kappa shape index (κ3) is 4.30. The fourth-order valence-electron chi connectivity index (χ4n) is 4.17. The van der Waals surface area contributed by atoms with Crippen LogP contribution >= 0.6 is 0 Å². The van der Waals surface area contributed by atoms with E-state index in [2.05, 4.69) is 5.32 Å². The summed E-state index contributed by atoms with van der Waals surface area (Å²) >= 11 is 0. The van der Waals surface area contributed by atoms with Crippen molar-refractivity contribution in [3.8, 4) is 0 Å². The number of piperidine rings is 1. The van der Waals surface area contributed by atoms with E-state index in [9.17, 15) is 37.7 Å². The average Bonchev–Trinajstić information content (AvgIpc) is 3.03. The van der Waals surface area contributed by atoms with Gasteiger partial charge in [-0.1, -0.05) is 6.07 Å². The molecule has 178 valence electrons. The van der Waals surface area contributed by atoms with Crippen LogP contribution < -0.4 is 10.2 Å². The predicted molar refractivity (Wildman–Crippen MR) is 115 cm³/mol. The van der Waals surface area contributed by atoms with E-state index in [1.165, 1.54) is 18.2 Å². The molecule has 0 atom stereocenters. The number of nitro groups is 1. The SMILES string of the molecule is O=C(CN1C(=O)c2cccc([N+](=O)[O-])c2C1=O)Nc1cc(C(F)(F)F)ccc1N1CCCCC1. The number of carbonyl (C=O) groups is 3. The number of halogens is 3. The first kappa shape index (κ1) is 23.2. The van der Waals surface area contributed by atoms with Crippen LogP contribution in [0, 0.1) is 10.1 Å². The lowest BCUT2D eigenvalue weighted by atomic mass is 10.1. The molecule has 3 amide bonds. The number of nitrogens with one attached hydrogen (secondary N) is 1. The molecule has 2 aromatic carbocycles. The van der Waals surface area contributed by atoms with E-state index in [4.69, 9.17) is 0 Å². The molecule has 2 aromatic rings. The van der Waals surface area contributed by atoms with Crippen LogP contribution in [0.25, 0.3) is 0 Å². The monoisotopic (exact) mass is 476 g/mol. The van der Waals surface area contributed by atoms with Gasteiger partial charge in [-0.15, -0.1) is 0 Å². The normalized spacial score (nSPS) is 16.0. The summed E-state index contributed by atoms with van der Waals surface area (Å²) in [6, 6.07) is 6.59. The summed E-state index contributed by atoms with van der Waals surface area (Å²) in [5.41, 5.74) is -1.84. The van der Waals surface area contributed by atoms with Crippen molar-refractivity contribution < 1.29 is 32.5 Å². The summed E-state index contributed by atoms with van der Waals surface area (Å²) in [5.74, 6) is -2.81. The van der Waals surface area contributed by atoms with Gasteiger partial charge in [-0.25, -0.2) is 0 Å². The molecule has 0 spiro atoms. The van der Waals surface area contributed by atoms with Crippen molar-refractivity contribution in [2.24, 2.45) is 0 Å². The summed E-state index contributed by atoms with van der Waals surface area (Å²) in [6.45, 7) is 0.409. The van der Waals surface area contributed by atoms with E-state index < -0.39 is 52.2 Å². The van der Waals surface area contributed by atoms with E-state index in [-0.39, 0.29) is 11.3 Å².